The number of ether oxygens (including phenoxy) is 1. The van der Waals surface area contributed by atoms with Crippen molar-refractivity contribution in [3.63, 3.8) is 0 Å². The van der Waals surface area contributed by atoms with Gasteiger partial charge < -0.3 is 19.7 Å². The van der Waals surface area contributed by atoms with Gasteiger partial charge in [-0.1, -0.05) is 13.5 Å². The van der Waals surface area contributed by atoms with Gasteiger partial charge in [0.25, 0.3) is 0 Å². The Labute approximate surface area is 117 Å². The smallest absolute Gasteiger partial charge is 0.334 e. The molecule has 0 radical (unpaired) electrons. The zero-order valence-electron chi connectivity index (χ0n) is 11.5. The number of carbonyl (C=O) groups is 2. The van der Waals surface area contributed by atoms with Crippen molar-refractivity contribution in [1.82, 2.24) is 0 Å². The van der Waals surface area contributed by atoms with E-state index in [9.17, 15) is 19.8 Å². The summed E-state index contributed by atoms with van der Waals surface area (Å²) >= 11 is 0. The number of aliphatic hydroxyl groups is 2. The Morgan fingerprint density at radius 1 is 1.40 bits per heavy atom. The van der Waals surface area contributed by atoms with Crippen LogP contribution in [0.1, 0.15) is 26.2 Å². The molecule has 7 unspecified atom stereocenters. The molecule has 20 heavy (non-hydrogen) atoms. The number of aliphatic hydroxyl groups excluding tert-OH is 2. The third kappa shape index (κ3) is 1.63. The van der Waals surface area contributed by atoms with Crippen molar-refractivity contribution in [1.29, 1.82) is 0 Å². The van der Waals surface area contributed by atoms with E-state index < -0.39 is 35.6 Å². The van der Waals surface area contributed by atoms with Crippen molar-refractivity contribution in [2.75, 3.05) is 0 Å². The Hall–Kier alpha value is -1.20. The fraction of sp³-hybridized carbons (Fsp3) is 0.733. The summed E-state index contributed by atoms with van der Waals surface area (Å²) in [4.78, 5) is 23.1. The monoisotopic (exact) mass is 280 g/mol. The van der Waals surface area contributed by atoms with Gasteiger partial charge in [-0.05, 0) is 19.3 Å². The highest BCUT2D eigenvalue weighted by atomic mass is 16.6. The van der Waals surface area contributed by atoms with E-state index in [1.807, 2.05) is 6.92 Å². The number of fused-ring (bicyclic) bond motifs is 3. The van der Waals surface area contributed by atoms with Gasteiger partial charge in [-0.25, -0.2) is 4.79 Å². The Morgan fingerprint density at radius 3 is 2.75 bits per heavy atom. The highest BCUT2D eigenvalue weighted by Crippen LogP contribution is 2.57. The van der Waals surface area contributed by atoms with Crippen LogP contribution in [0.4, 0.5) is 0 Å². The number of hydrogen-bond acceptors (Lipinski definition) is 5. The van der Waals surface area contributed by atoms with Crippen LogP contribution in [0.2, 0.25) is 0 Å². The first kappa shape index (κ1) is 13.8. The normalized spacial score (nSPS) is 51.1. The second-order valence-electron chi connectivity index (χ2n) is 6.62. The van der Waals surface area contributed by atoms with E-state index >= 15 is 0 Å². The predicted octanol–water partition coefficient (Wildman–Crippen LogP) is 0.441. The fourth-order valence-corrected chi connectivity index (χ4v) is 4.55. The molecule has 3 fully saturated rings. The molecule has 7 atom stereocenters. The predicted molar refractivity (Wildman–Crippen MR) is 69.5 cm³/mol. The van der Waals surface area contributed by atoms with Crippen molar-refractivity contribution in [2.24, 2.45) is 23.2 Å². The maximum atomic E-state index is 11.8. The molecular weight excluding hydrogens is 260 g/mol. The molecule has 1 heterocycles. The van der Waals surface area contributed by atoms with E-state index in [0.29, 0.717) is 19.3 Å². The average Bonchev–Trinajstić information content (AvgIpc) is 2.68. The van der Waals surface area contributed by atoms with Crippen LogP contribution in [0.25, 0.3) is 0 Å². The maximum Gasteiger partial charge on any atom is 0.334 e. The summed E-state index contributed by atoms with van der Waals surface area (Å²) in [5.74, 6) is -1.44. The van der Waals surface area contributed by atoms with Gasteiger partial charge in [0.15, 0.2) is 0 Å². The Balaban J connectivity index is 2.05. The van der Waals surface area contributed by atoms with Gasteiger partial charge in [0.2, 0.25) is 0 Å². The molecule has 2 saturated carbocycles. The number of aldehydes is 1. The largest absolute Gasteiger partial charge is 0.458 e. The summed E-state index contributed by atoms with van der Waals surface area (Å²) in [7, 11) is 0. The lowest BCUT2D eigenvalue weighted by Gasteiger charge is -2.55. The lowest BCUT2D eigenvalue weighted by molar-refractivity contribution is -0.185. The first-order valence-corrected chi connectivity index (χ1v) is 7.11. The summed E-state index contributed by atoms with van der Waals surface area (Å²) in [5.41, 5.74) is -0.316. The van der Waals surface area contributed by atoms with Crippen molar-refractivity contribution < 1.29 is 24.5 Å². The van der Waals surface area contributed by atoms with Gasteiger partial charge in [-0.2, -0.15) is 0 Å². The molecule has 0 amide bonds. The fourth-order valence-electron chi connectivity index (χ4n) is 4.55. The summed E-state index contributed by atoms with van der Waals surface area (Å²) < 4.78 is 5.39. The zero-order chi connectivity index (χ0) is 14.7. The molecule has 5 nitrogen and oxygen atoms in total. The topological polar surface area (TPSA) is 83.8 Å². The molecule has 0 spiro atoms. The second kappa shape index (κ2) is 4.40. The second-order valence-corrected chi connectivity index (χ2v) is 6.62. The maximum absolute atomic E-state index is 11.8. The number of carbonyl (C=O) groups excluding carboxylic acids is 2. The Bertz CT molecular complexity index is 473. The van der Waals surface area contributed by atoms with Gasteiger partial charge in [-0.3, -0.25) is 0 Å². The summed E-state index contributed by atoms with van der Waals surface area (Å²) in [5, 5.41) is 20.7. The standard InChI is InChI=1S/C15H20O5/c1-7-11-9(17)5-15(2)10(18)4-3-8(6-16)12(15)13(11)20-14(7)19/h6,8-13,17-18H,1,3-5H2,2H3. The van der Waals surface area contributed by atoms with Crippen LogP contribution in [0.15, 0.2) is 12.2 Å². The Morgan fingerprint density at radius 2 is 2.10 bits per heavy atom. The van der Waals surface area contributed by atoms with E-state index in [0.717, 1.165) is 6.29 Å². The summed E-state index contributed by atoms with van der Waals surface area (Å²) in [6.07, 6.45) is 0.489. The van der Waals surface area contributed by atoms with Crippen LogP contribution in [-0.2, 0) is 14.3 Å². The van der Waals surface area contributed by atoms with E-state index in [1.54, 1.807) is 0 Å². The Kier molecular flexibility index (Phi) is 3.03. The minimum Gasteiger partial charge on any atom is -0.458 e. The molecule has 1 saturated heterocycles. The van der Waals surface area contributed by atoms with Crippen molar-refractivity contribution in [3.8, 4) is 0 Å². The van der Waals surface area contributed by atoms with E-state index in [4.69, 9.17) is 4.74 Å². The number of hydrogen-bond donors (Lipinski definition) is 2. The first-order valence-electron chi connectivity index (χ1n) is 7.11. The van der Waals surface area contributed by atoms with E-state index in [2.05, 4.69) is 6.58 Å². The minimum absolute atomic E-state index is 0.248. The van der Waals surface area contributed by atoms with Crippen LogP contribution in [-0.4, -0.2) is 40.8 Å². The summed E-state index contributed by atoms with van der Waals surface area (Å²) in [6, 6.07) is 0. The molecule has 0 aromatic carbocycles. The molecular formula is C15H20O5. The van der Waals surface area contributed by atoms with Crippen molar-refractivity contribution >= 4 is 12.3 Å². The first-order chi connectivity index (χ1) is 9.40. The molecule has 0 aromatic heterocycles. The highest BCUT2D eigenvalue weighted by Gasteiger charge is 2.62. The molecule has 110 valence electrons. The average molecular weight is 280 g/mol. The molecule has 2 N–H and O–H groups in total. The van der Waals surface area contributed by atoms with Gasteiger partial charge in [-0.15, -0.1) is 0 Å². The van der Waals surface area contributed by atoms with Crippen molar-refractivity contribution in [3.05, 3.63) is 12.2 Å². The van der Waals surface area contributed by atoms with Gasteiger partial charge in [0.1, 0.15) is 12.4 Å². The van der Waals surface area contributed by atoms with Gasteiger partial charge in [0, 0.05) is 22.8 Å². The van der Waals surface area contributed by atoms with Gasteiger partial charge >= 0.3 is 5.97 Å². The third-order valence-electron chi connectivity index (χ3n) is 5.61. The zero-order valence-corrected chi connectivity index (χ0v) is 11.5. The van der Waals surface area contributed by atoms with Crippen LogP contribution < -0.4 is 0 Å². The number of rotatable bonds is 1. The van der Waals surface area contributed by atoms with Crippen molar-refractivity contribution in [2.45, 2.75) is 44.5 Å². The molecule has 1 aliphatic heterocycles. The molecule has 3 aliphatic rings. The van der Waals surface area contributed by atoms with E-state index in [1.165, 1.54) is 0 Å². The summed E-state index contributed by atoms with van der Waals surface area (Å²) in [6.45, 7) is 5.60. The van der Waals surface area contributed by atoms with Crippen LogP contribution in [0, 0.1) is 23.2 Å². The van der Waals surface area contributed by atoms with Crippen LogP contribution >= 0.6 is 0 Å². The molecule has 0 bridgehead atoms. The lowest BCUT2D eigenvalue weighted by Crippen LogP contribution is -2.59. The van der Waals surface area contributed by atoms with E-state index in [-0.39, 0.29) is 17.4 Å². The molecule has 5 heteroatoms. The quantitative estimate of drug-likeness (QED) is 0.414. The molecule has 2 aliphatic carbocycles. The molecule has 3 rings (SSSR count). The highest BCUT2D eigenvalue weighted by molar-refractivity contribution is 5.91. The van der Waals surface area contributed by atoms with Crippen LogP contribution in [0.3, 0.4) is 0 Å². The SMILES string of the molecule is C=C1C(=O)OC2C1C(O)CC1(C)C(O)CCC(C=O)C21. The van der Waals surface area contributed by atoms with Crippen LogP contribution in [0.5, 0.6) is 0 Å². The molecule has 0 aromatic rings. The van der Waals surface area contributed by atoms with Gasteiger partial charge in [0.05, 0.1) is 18.1 Å². The lowest BCUT2D eigenvalue weighted by atomic mass is 9.52. The third-order valence-corrected chi connectivity index (χ3v) is 5.61. The number of esters is 1. The minimum atomic E-state index is -0.764.